The lowest BCUT2D eigenvalue weighted by atomic mass is 10.3. The van der Waals surface area contributed by atoms with E-state index in [1.54, 1.807) is 0 Å². The molecule has 8 heteroatoms. The van der Waals surface area contributed by atoms with Crippen molar-refractivity contribution in [1.29, 1.82) is 0 Å². The van der Waals surface area contributed by atoms with Crippen LogP contribution in [-0.2, 0) is 28.6 Å². The predicted molar refractivity (Wildman–Crippen MR) is 72.4 cm³/mol. The Morgan fingerprint density at radius 2 is 1.53 bits per heavy atom. The third-order valence-corrected chi connectivity index (χ3v) is 4.53. The zero-order valence-electron chi connectivity index (χ0n) is 10.6. The maximum Gasteiger partial charge on any atom is 0.268 e. The molecule has 0 aromatic heterocycles. The van der Waals surface area contributed by atoms with E-state index in [1.807, 2.05) is 0 Å². The molecule has 6 nitrogen and oxygen atoms in total. The number of terminal acetylenes is 1. The van der Waals surface area contributed by atoms with Gasteiger partial charge in [0.1, 0.15) is 6.61 Å². The molecular formula is C11H18O6S2. The van der Waals surface area contributed by atoms with E-state index in [0.717, 1.165) is 0 Å². The minimum absolute atomic E-state index is 0.0589. The Hall–Kier alpha value is -0.880. The van der Waals surface area contributed by atoms with Crippen LogP contribution < -0.4 is 0 Å². The largest absolute Gasteiger partial charge is 0.268 e. The quantitative estimate of drug-likeness (QED) is 0.241. The summed E-state index contributed by atoms with van der Waals surface area (Å²) in [7, 11) is -7.16. The average Bonchev–Trinajstić information content (AvgIpc) is 2.33. The molecule has 110 valence electrons. The molecule has 0 amide bonds. The van der Waals surface area contributed by atoms with E-state index in [-0.39, 0.29) is 24.7 Å². The zero-order valence-corrected chi connectivity index (χ0v) is 12.2. The van der Waals surface area contributed by atoms with Gasteiger partial charge in [-0.1, -0.05) is 18.4 Å². The highest BCUT2D eigenvalue weighted by Gasteiger charge is 2.12. The monoisotopic (exact) mass is 310 g/mol. The topological polar surface area (TPSA) is 86.7 Å². The van der Waals surface area contributed by atoms with Gasteiger partial charge in [0.2, 0.25) is 0 Å². The Balaban J connectivity index is 3.82. The van der Waals surface area contributed by atoms with Gasteiger partial charge in [0.05, 0.1) is 18.1 Å². The highest BCUT2D eigenvalue weighted by molar-refractivity contribution is 7.86. The van der Waals surface area contributed by atoms with Crippen LogP contribution in [0.1, 0.15) is 19.3 Å². The van der Waals surface area contributed by atoms with Gasteiger partial charge in [-0.15, -0.1) is 13.0 Å². The van der Waals surface area contributed by atoms with Crippen LogP contribution in [0.2, 0.25) is 0 Å². The SMILES string of the molecule is C#CCOS(=O)(=O)CCCCCS(=O)(=O)OCC=C. The molecule has 0 N–H and O–H groups in total. The van der Waals surface area contributed by atoms with Crippen molar-refractivity contribution in [2.75, 3.05) is 24.7 Å². The van der Waals surface area contributed by atoms with Crippen LogP contribution >= 0.6 is 0 Å². The molecule has 0 rings (SSSR count). The Morgan fingerprint density at radius 1 is 1.00 bits per heavy atom. The highest BCUT2D eigenvalue weighted by Crippen LogP contribution is 2.05. The first-order valence-corrected chi connectivity index (χ1v) is 8.77. The van der Waals surface area contributed by atoms with Gasteiger partial charge in [-0.3, -0.25) is 8.37 Å². The van der Waals surface area contributed by atoms with Crippen molar-refractivity contribution in [2.45, 2.75) is 19.3 Å². The van der Waals surface area contributed by atoms with Crippen molar-refractivity contribution in [1.82, 2.24) is 0 Å². The van der Waals surface area contributed by atoms with E-state index < -0.39 is 20.2 Å². The van der Waals surface area contributed by atoms with Gasteiger partial charge in [-0.05, 0) is 12.8 Å². The summed E-state index contributed by atoms with van der Waals surface area (Å²) in [5.74, 6) is 1.73. The minimum atomic E-state index is -3.61. The minimum Gasteiger partial charge on any atom is -0.266 e. The maximum atomic E-state index is 11.3. The fourth-order valence-electron chi connectivity index (χ4n) is 1.13. The van der Waals surface area contributed by atoms with Crippen molar-refractivity contribution in [2.24, 2.45) is 0 Å². The molecule has 0 bridgehead atoms. The summed E-state index contributed by atoms with van der Waals surface area (Å²) >= 11 is 0. The van der Waals surface area contributed by atoms with Gasteiger partial charge in [0.15, 0.2) is 0 Å². The molecule has 0 atom stereocenters. The van der Waals surface area contributed by atoms with Gasteiger partial charge in [-0.2, -0.15) is 16.8 Å². The molecule has 0 aliphatic heterocycles. The van der Waals surface area contributed by atoms with Crippen molar-refractivity contribution in [3.63, 3.8) is 0 Å². The first kappa shape index (κ1) is 18.1. The highest BCUT2D eigenvalue weighted by atomic mass is 32.2. The molecule has 0 heterocycles. The van der Waals surface area contributed by atoms with Crippen LogP contribution in [-0.4, -0.2) is 41.6 Å². The van der Waals surface area contributed by atoms with Gasteiger partial charge >= 0.3 is 0 Å². The van der Waals surface area contributed by atoms with Crippen LogP contribution in [0.15, 0.2) is 12.7 Å². The average molecular weight is 310 g/mol. The lowest BCUT2D eigenvalue weighted by molar-refractivity contribution is 0.356. The summed E-state index contributed by atoms with van der Waals surface area (Å²) in [5, 5.41) is 0. The van der Waals surface area contributed by atoms with Crippen LogP contribution in [0.25, 0.3) is 0 Å². The van der Waals surface area contributed by atoms with Crippen LogP contribution in [0.3, 0.4) is 0 Å². The number of rotatable bonds is 11. The second kappa shape index (κ2) is 9.09. The Labute approximate surface area is 115 Å². The van der Waals surface area contributed by atoms with Crippen molar-refractivity contribution in [3.8, 4) is 12.3 Å². The molecule has 0 radical (unpaired) electrons. The first-order valence-electron chi connectivity index (χ1n) is 5.61. The molecule has 0 aromatic rings. The predicted octanol–water partition coefficient (Wildman–Crippen LogP) is 0.669. The number of hydrogen-bond acceptors (Lipinski definition) is 6. The van der Waals surface area contributed by atoms with Gasteiger partial charge < -0.3 is 0 Å². The molecule has 0 saturated heterocycles. The first-order chi connectivity index (χ1) is 8.83. The molecule has 0 spiro atoms. The standard InChI is InChI=1S/C11H18O6S2/c1-3-8-16-18(12,13)10-6-5-7-11-19(14,15)17-9-4-2/h1,4H,2,5-11H2. The molecule has 0 aromatic carbocycles. The van der Waals surface area contributed by atoms with E-state index in [4.69, 9.17) is 6.42 Å². The molecule has 0 aliphatic carbocycles. The Kier molecular flexibility index (Phi) is 8.67. The Bertz CT molecular complexity index is 498. The van der Waals surface area contributed by atoms with Gasteiger partial charge in [-0.25, -0.2) is 0 Å². The Morgan fingerprint density at radius 3 is 2.00 bits per heavy atom. The van der Waals surface area contributed by atoms with Crippen molar-refractivity contribution < 1.29 is 25.2 Å². The second-order valence-corrected chi connectivity index (χ2v) is 7.14. The fraction of sp³-hybridized carbons (Fsp3) is 0.636. The summed E-state index contributed by atoms with van der Waals surface area (Å²) < 4.78 is 54.0. The van der Waals surface area contributed by atoms with Crippen LogP contribution in [0.4, 0.5) is 0 Å². The third kappa shape index (κ3) is 10.7. The van der Waals surface area contributed by atoms with Crippen LogP contribution in [0.5, 0.6) is 0 Å². The molecule has 0 unspecified atom stereocenters. The summed E-state index contributed by atoms with van der Waals surface area (Å²) in [6.07, 6.45) is 7.29. The lowest BCUT2D eigenvalue weighted by Gasteiger charge is -2.04. The third-order valence-electron chi connectivity index (χ3n) is 1.98. The fourth-order valence-corrected chi connectivity index (χ4v) is 3.03. The summed E-state index contributed by atoms with van der Waals surface area (Å²) in [6, 6.07) is 0. The van der Waals surface area contributed by atoms with E-state index in [2.05, 4.69) is 20.9 Å². The maximum absolute atomic E-state index is 11.3. The second-order valence-electron chi connectivity index (χ2n) is 3.62. The number of hydrogen-bond donors (Lipinski definition) is 0. The number of unbranched alkanes of at least 4 members (excludes halogenated alkanes) is 2. The smallest absolute Gasteiger partial charge is 0.266 e. The van der Waals surface area contributed by atoms with Crippen molar-refractivity contribution >= 4 is 20.2 Å². The van der Waals surface area contributed by atoms with E-state index >= 15 is 0 Å². The normalized spacial score (nSPS) is 11.9. The summed E-state index contributed by atoms with van der Waals surface area (Å²) in [5.41, 5.74) is 0. The lowest BCUT2D eigenvalue weighted by Crippen LogP contribution is -2.13. The molecule has 0 saturated carbocycles. The van der Waals surface area contributed by atoms with Gasteiger partial charge in [0, 0.05) is 0 Å². The summed E-state index contributed by atoms with van der Waals surface area (Å²) in [4.78, 5) is 0. The summed E-state index contributed by atoms with van der Waals surface area (Å²) in [6.45, 7) is 3.00. The molecule has 0 aliphatic rings. The van der Waals surface area contributed by atoms with Crippen LogP contribution in [0, 0.1) is 12.3 Å². The van der Waals surface area contributed by atoms with E-state index in [0.29, 0.717) is 19.3 Å². The molecule has 0 fully saturated rings. The molecular weight excluding hydrogens is 292 g/mol. The van der Waals surface area contributed by atoms with Crippen molar-refractivity contribution in [3.05, 3.63) is 12.7 Å². The van der Waals surface area contributed by atoms with E-state index in [1.165, 1.54) is 6.08 Å². The molecule has 19 heavy (non-hydrogen) atoms. The zero-order chi connectivity index (χ0) is 14.8. The van der Waals surface area contributed by atoms with Gasteiger partial charge in [0.25, 0.3) is 20.2 Å². The van der Waals surface area contributed by atoms with E-state index in [9.17, 15) is 16.8 Å².